The van der Waals surface area contributed by atoms with E-state index in [9.17, 15) is 0 Å². The molecule has 0 bridgehead atoms. The summed E-state index contributed by atoms with van der Waals surface area (Å²) in [5.74, 6) is 0. The van der Waals surface area contributed by atoms with Crippen molar-refractivity contribution in [3.63, 3.8) is 0 Å². The second-order valence-corrected chi connectivity index (χ2v) is 4.57. The topological polar surface area (TPSA) is 85.7 Å². The number of nitrogens with one attached hydrogen (secondary N) is 4. The number of hydrogen-bond donors (Lipinski definition) is 4. The number of aromatic nitrogens is 1. The Balaban J connectivity index is 3.02. The molecule has 0 unspecified atom stereocenters. The molecule has 1 aromatic rings. The second-order valence-electron chi connectivity index (χ2n) is 3.75. The Morgan fingerprint density at radius 1 is 1.05 bits per heavy atom. The number of thiocarbonyl (C=S) groups is 2. The Kier molecular flexibility index (Phi) is 7.19. The summed E-state index contributed by atoms with van der Waals surface area (Å²) in [4.78, 5) is 4.26. The largest absolute Gasteiger partial charge is 0.364 e. The lowest BCUT2D eigenvalue weighted by Gasteiger charge is -2.08. The first kappa shape index (κ1) is 16.9. The molecule has 1 rings (SSSR count). The number of nitrogens with zero attached hydrogens (tertiary/aromatic N) is 3. The van der Waals surface area contributed by atoms with E-state index in [1.807, 2.05) is 18.2 Å². The van der Waals surface area contributed by atoms with Gasteiger partial charge in [-0.25, -0.2) is 0 Å². The van der Waals surface area contributed by atoms with Gasteiger partial charge in [-0.3, -0.25) is 15.8 Å². The van der Waals surface area contributed by atoms with E-state index < -0.39 is 0 Å². The van der Waals surface area contributed by atoms with Crippen LogP contribution in [-0.4, -0.2) is 40.7 Å². The fourth-order valence-electron chi connectivity index (χ4n) is 1.23. The smallest absolute Gasteiger partial charge is 0.186 e. The van der Waals surface area contributed by atoms with E-state index in [2.05, 4.69) is 36.7 Å². The van der Waals surface area contributed by atoms with Gasteiger partial charge in [0.05, 0.1) is 11.4 Å². The molecule has 1 heterocycles. The second kappa shape index (κ2) is 8.93. The van der Waals surface area contributed by atoms with Gasteiger partial charge in [-0.1, -0.05) is 6.07 Å². The summed E-state index contributed by atoms with van der Waals surface area (Å²) in [6.07, 6.45) is 1.68. The van der Waals surface area contributed by atoms with Crippen molar-refractivity contribution in [2.45, 2.75) is 6.92 Å². The van der Waals surface area contributed by atoms with Gasteiger partial charge in [-0.05, 0) is 43.5 Å². The van der Waals surface area contributed by atoms with Crippen LogP contribution in [0.4, 0.5) is 0 Å². The van der Waals surface area contributed by atoms with Gasteiger partial charge in [-0.15, -0.1) is 0 Å². The van der Waals surface area contributed by atoms with Crippen LogP contribution in [0.1, 0.15) is 12.6 Å². The number of rotatable bonds is 4. The van der Waals surface area contributed by atoms with Crippen molar-refractivity contribution in [3.8, 4) is 0 Å². The van der Waals surface area contributed by atoms with E-state index >= 15 is 0 Å². The minimum absolute atomic E-state index is 0.398. The minimum atomic E-state index is 0.398. The average Bonchev–Trinajstić information content (AvgIpc) is 2.53. The van der Waals surface area contributed by atoms with Gasteiger partial charge in [0, 0.05) is 20.3 Å². The van der Waals surface area contributed by atoms with Gasteiger partial charge >= 0.3 is 0 Å². The molecule has 0 atom stereocenters. The normalized spacial score (nSPS) is 11.6. The van der Waals surface area contributed by atoms with Crippen molar-refractivity contribution in [2.75, 3.05) is 14.1 Å². The summed E-state index contributed by atoms with van der Waals surface area (Å²) in [7, 11) is 3.42. The van der Waals surface area contributed by atoms with Gasteiger partial charge < -0.3 is 10.6 Å². The van der Waals surface area contributed by atoms with E-state index in [0.717, 1.165) is 0 Å². The van der Waals surface area contributed by atoms with E-state index in [0.29, 0.717) is 27.3 Å². The van der Waals surface area contributed by atoms with Crippen LogP contribution in [0.3, 0.4) is 0 Å². The molecule has 4 N–H and O–H groups in total. The maximum atomic E-state index is 5.00. The van der Waals surface area contributed by atoms with Crippen molar-refractivity contribution < 1.29 is 0 Å². The lowest BCUT2D eigenvalue weighted by Crippen LogP contribution is -2.32. The molecule has 0 amide bonds. The first-order chi connectivity index (χ1) is 10.1. The van der Waals surface area contributed by atoms with Crippen molar-refractivity contribution in [3.05, 3.63) is 30.1 Å². The Bertz CT molecular complexity index is 554. The summed E-state index contributed by atoms with van der Waals surface area (Å²) in [6, 6.07) is 5.53. The highest BCUT2D eigenvalue weighted by molar-refractivity contribution is 7.80. The van der Waals surface area contributed by atoms with Gasteiger partial charge in [-0.2, -0.15) is 10.2 Å². The standard InChI is InChI=1S/C12H17N7S2/c1-8(16-18-11(20)13-2)10(17-19-12(21)14-3)9-6-4-5-7-15-9/h4-7H,1-3H3,(H2,13,18,20)(H2,14,19,21). The molecule has 0 fully saturated rings. The average molecular weight is 323 g/mol. The molecular formula is C12H17N7S2. The molecule has 21 heavy (non-hydrogen) atoms. The highest BCUT2D eigenvalue weighted by atomic mass is 32.1. The van der Waals surface area contributed by atoms with Crippen molar-refractivity contribution in [1.29, 1.82) is 0 Å². The van der Waals surface area contributed by atoms with Crippen LogP contribution in [0, 0.1) is 0 Å². The molecule has 0 radical (unpaired) electrons. The van der Waals surface area contributed by atoms with Crippen LogP contribution in [0.15, 0.2) is 34.6 Å². The third kappa shape index (κ3) is 5.79. The zero-order valence-electron chi connectivity index (χ0n) is 12.0. The number of pyridine rings is 1. The first-order valence-corrected chi connectivity index (χ1v) is 6.89. The molecule has 0 aliphatic rings. The van der Waals surface area contributed by atoms with E-state index in [4.69, 9.17) is 24.4 Å². The molecule has 0 saturated carbocycles. The first-order valence-electron chi connectivity index (χ1n) is 6.07. The van der Waals surface area contributed by atoms with Crippen LogP contribution in [0.2, 0.25) is 0 Å². The quantitative estimate of drug-likeness (QED) is 0.361. The summed E-state index contributed by atoms with van der Waals surface area (Å²) in [5.41, 5.74) is 7.27. The molecule has 0 aromatic carbocycles. The number of hydrogen-bond acceptors (Lipinski definition) is 5. The van der Waals surface area contributed by atoms with Crippen LogP contribution < -0.4 is 21.5 Å². The predicted octanol–water partition coefficient (Wildman–Crippen LogP) is 0.349. The third-order valence-corrected chi connectivity index (χ3v) is 2.89. The van der Waals surface area contributed by atoms with E-state index in [1.165, 1.54) is 0 Å². The van der Waals surface area contributed by atoms with Gasteiger partial charge in [0.25, 0.3) is 0 Å². The van der Waals surface area contributed by atoms with Gasteiger partial charge in [0.1, 0.15) is 5.71 Å². The molecule has 0 saturated heterocycles. The maximum absolute atomic E-state index is 5.00. The zero-order valence-corrected chi connectivity index (χ0v) is 13.6. The Morgan fingerprint density at radius 2 is 1.67 bits per heavy atom. The van der Waals surface area contributed by atoms with Crippen LogP contribution in [0.25, 0.3) is 0 Å². The molecule has 9 heteroatoms. The predicted molar refractivity (Wildman–Crippen MR) is 93.5 cm³/mol. The Morgan fingerprint density at radius 3 is 2.19 bits per heavy atom. The zero-order chi connectivity index (χ0) is 15.7. The van der Waals surface area contributed by atoms with Gasteiger partial charge in [0.2, 0.25) is 0 Å². The fourth-order valence-corrected chi connectivity index (χ4v) is 1.32. The summed E-state index contributed by atoms with van der Waals surface area (Å²) >= 11 is 9.97. The maximum Gasteiger partial charge on any atom is 0.186 e. The molecule has 0 aliphatic carbocycles. The van der Waals surface area contributed by atoms with Crippen molar-refractivity contribution in [1.82, 2.24) is 26.5 Å². The molecule has 0 spiro atoms. The van der Waals surface area contributed by atoms with Crippen LogP contribution in [-0.2, 0) is 0 Å². The van der Waals surface area contributed by atoms with Crippen molar-refractivity contribution in [2.24, 2.45) is 10.2 Å². The van der Waals surface area contributed by atoms with Crippen LogP contribution >= 0.6 is 24.4 Å². The van der Waals surface area contributed by atoms with Crippen molar-refractivity contribution >= 4 is 46.1 Å². The molecule has 1 aromatic heterocycles. The fraction of sp³-hybridized carbons (Fsp3) is 0.250. The molecule has 112 valence electrons. The SMILES string of the molecule is CNC(=S)NN=C(C)C(=NNC(=S)NC)c1ccccn1. The molecular weight excluding hydrogens is 306 g/mol. The molecule has 7 nitrogen and oxygen atoms in total. The monoisotopic (exact) mass is 323 g/mol. The highest BCUT2D eigenvalue weighted by Crippen LogP contribution is 1.99. The van der Waals surface area contributed by atoms with E-state index in [-0.39, 0.29) is 0 Å². The lowest BCUT2D eigenvalue weighted by molar-refractivity contribution is 0.964. The minimum Gasteiger partial charge on any atom is -0.364 e. The number of hydrazone groups is 2. The third-order valence-electron chi connectivity index (χ3n) is 2.30. The lowest BCUT2D eigenvalue weighted by atomic mass is 10.2. The summed E-state index contributed by atoms with van der Waals surface area (Å²) in [5, 5.41) is 14.8. The Hall–Kier alpha value is -2.13. The van der Waals surface area contributed by atoms with E-state index in [1.54, 1.807) is 27.2 Å². The van der Waals surface area contributed by atoms with Crippen LogP contribution in [0.5, 0.6) is 0 Å². The Labute approximate surface area is 134 Å². The highest BCUT2D eigenvalue weighted by Gasteiger charge is 2.09. The van der Waals surface area contributed by atoms with Gasteiger partial charge in [0.15, 0.2) is 10.2 Å². The summed E-state index contributed by atoms with van der Waals surface area (Å²) in [6.45, 7) is 1.79. The summed E-state index contributed by atoms with van der Waals surface area (Å²) < 4.78 is 0. The molecule has 0 aliphatic heterocycles.